The van der Waals surface area contributed by atoms with Gasteiger partial charge in [0.05, 0.1) is 0 Å². The molecule has 2 amide bonds. The first-order chi connectivity index (χ1) is 9.45. The number of carbonyl (C=O) groups is 2. The predicted octanol–water partition coefficient (Wildman–Crippen LogP) is 2.47. The summed E-state index contributed by atoms with van der Waals surface area (Å²) in [6, 6.07) is -0.141. The van der Waals surface area contributed by atoms with Gasteiger partial charge in [0.1, 0.15) is 11.6 Å². The molecular formula is C16H28N2O2. The second-order valence-electron chi connectivity index (χ2n) is 6.59. The van der Waals surface area contributed by atoms with Crippen LogP contribution in [0.5, 0.6) is 0 Å². The van der Waals surface area contributed by atoms with Gasteiger partial charge in [0.2, 0.25) is 11.8 Å². The molecule has 1 saturated heterocycles. The second kappa shape index (κ2) is 5.74. The topological polar surface area (TPSA) is 49.4 Å². The van der Waals surface area contributed by atoms with Crippen LogP contribution in [-0.2, 0) is 9.59 Å². The fourth-order valence-electron chi connectivity index (χ4n) is 3.39. The fourth-order valence-corrected chi connectivity index (χ4v) is 3.39. The Morgan fingerprint density at radius 2 is 2.00 bits per heavy atom. The molecule has 1 N–H and O–H groups in total. The third-order valence-electron chi connectivity index (χ3n) is 4.93. The summed E-state index contributed by atoms with van der Waals surface area (Å²) in [4.78, 5) is 27.2. The summed E-state index contributed by atoms with van der Waals surface area (Å²) >= 11 is 0. The van der Waals surface area contributed by atoms with Crippen LogP contribution in [0.3, 0.4) is 0 Å². The van der Waals surface area contributed by atoms with E-state index in [2.05, 4.69) is 19.2 Å². The van der Waals surface area contributed by atoms with Crippen LogP contribution in [-0.4, -0.2) is 34.3 Å². The molecule has 1 heterocycles. The van der Waals surface area contributed by atoms with Gasteiger partial charge in [-0.05, 0) is 45.4 Å². The van der Waals surface area contributed by atoms with Crippen molar-refractivity contribution in [2.45, 2.75) is 83.8 Å². The van der Waals surface area contributed by atoms with Crippen LogP contribution in [0.25, 0.3) is 0 Å². The molecule has 1 aliphatic carbocycles. The van der Waals surface area contributed by atoms with Gasteiger partial charge in [-0.2, -0.15) is 0 Å². The van der Waals surface area contributed by atoms with Crippen LogP contribution in [0.1, 0.15) is 66.2 Å². The lowest BCUT2D eigenvalue weighted by molar-refractivity contribution is -0.158. The molecule has 20 heavy (non-hydrogen) atoms. The maximum Gasteiger partial charge on any atom is 0.249 e. The van der Waals surface area contributed by atoms with Crippen LogP contribution < -0.4 is 5.32 Å². The molecule has 1 aliphatic heterocycles. The summed E-state index contributed by atoms with van der Waals surface area (Å²) in [6.07, 6.45) is 5.99. The molecule has 2 fully saturated rings. The van der Waals surface area contributed by atoms with Crippen molar-refractivity contribution in [1.29, 1.82) is 0 Å². The Balaban J connectivity index is 2.23. The quantitative estimate of drug-likeness (QED) is 0.812. The van der Waals surface area contributed by atoms with Gasteiger partial charge in [-0.3, -0.25) is 9.59 Å². The van der Waals surface area contributed by atoms with Crippen LogP contribution in [0, 0.1) is 5.92 Å². The second-order valence-corrected chi connectivity index (χ2v) is 6.59. The molecule has 3 atom stereocenters. The molecule has 0 aromatic carbocycles. The zero-order valence-corrected chi connectivity index (χ0v) is 13.2. The molecule has 0 radical (unpaired) electrons. The molecule has 0 spiro atoms. The number of nitrogens with one attached hydrogen (secondary N) is 1. The van der Waals surface area contributed by atoms with Crippen molar-refractivity contribution in [3.63, 3.8) is 0 Å². The molecule has 0 aromatic rings. The minimum Gasteiger partial charge on any atom is -0.340 e. The number of nitrogens with zero attached hydrogens (tertiary/aromatic N) is 1. The molecule has 0 bridgehead atoms. The number of amides is 2. The summed E-state index contributed by atoms with van der Waals surface area (Å²) in [5.41, 5.74) is -0.663. The lowest BCUT2D eigenvalue weighted by atomic mass is 9.87. The van der Waals surface area contributed by atoms with Crippen molar-refractivity contribution in [2.24, 2.45) is 5.92 Å². The van der Waals surface area contributed by atoms with Gasteiger partial charge >= 0.3 is 0 Å². The van der Waals surface area contributed by atoms with Crippen molar-refractivity contribution in [3.8, 4) is 0 Å². The van der Waals surface area contributed by atoms with E-state index in [1.165, 1.54) is 0 Å². The first-order valence-electron chi connectivity index (χ1n) is 8.10. The lowest BCUT2D eigenvalue weighted by Gasteiger charge is -2.47. The standard InChI is InChI=1S/C16H28N2O2/c1-5-7-8-11(3)18-13(6-2)14(19)17-16(4,15(18)20)12-9-10-12/h11-13H,5-10H2,1-4H3,(H,17,19). The monoisotopic (exact) mass is 280 g/mol. The summed E-state index contributed by atoms with van der Waals surface area (Å²) in [5.74, 6) is 0.498. The maximum atomic E-state index is 13.0. The Labute approximate surface area is 122 Å². The highest BCUT2D eigenvalue weighted by atomic mass is 16.2. The van der Waals surface area contributed by atoms with Gasteiger partial charge in [-0.15, -0.1) is 0 Å². The molecule has 114 valence electrons. The maximum absolute atomic E-state index is 13.0. The van der Waals surface area contributed by atoms with E-state index in [4.69, 9.17) is 0 Å². The first-order valence-corrected chi connectivity index (χ1v) is 8.10. The Bertz CT molecular complexity index is 392. The number of unbranched alkanes of at least 4 members (excludes halogenated alkanes) is 1. The highest BCUT2D eigenvalue weighted by Crippen LogP contribution is 2.43. The summed E-state index contributed by atoms with van der Waals surface area (Å²) in [6.45, 7) is 8.14. The smallest absolute Gasteiger partial charge is 0.249 e. The van der Waals surface area contributed by atoms with E-state index < -0.39 is 5.54 Å². The van der Waals surface area contributed by atoms with E-state index in [0.717, 1.165) is 32.1 Å². The summed E-state index contributed by atoms with van der Waals surface area (Å²) < 4.78 is 0. The van der Waals surface area contributed by atoms with Crippen molar-refractivity contribution >= 4 is 11.8 Å². The fraction of sp³-hybridized carbons (Fsp3) is 0.875. The number of hydrogen-bond acceptors (Lipinski definition) is 2. The van der Waals surface area contributed by atoms with Gasteiger partial charge in [0, 0.05) is 6.04 Å². The highest BCUT2D eigenvalue weighted by Gasteiger charge is 2.55. The number of carbonyl (C=O) groups excluding carboxylic acids is 2. The van der Waals surface area contributed by atoms with E-state index in [0.29, 0.717) is 12.3 Å². The largest absolute Gasteiger partial charge is 0.340 e. The Hall–Kier alpha value is -1.06. The molecule has 2 aliphatic rings. The zero-order chi connectivity index (χ0) is 14.9. The molecule has 3 unspecified atom stereocenters. The molecule has 4 heteroatoms. The third kappa shape index (κ3) is 2.57. The van der Waals surface area contributed by atoms with Crippen molar-refractivity contribution in [3.05, 3.63) is 0 Å². The van der Waals surface area contributed by atoms with Crippen molar-refractivity contribution < 1.29 is 9.59 Å². The molecule has 1 saturated carbocycles. The van der Waals surface area contributed by atoms with Crippen LogP contribution in [0.15, 0.2) is 0 Å². The highest BCUT2D eigenvalue weighted by molar-refractivity contribution is 6.00. The van der Waals surface area contributed by atoms with Crippen LogP contribution in [0.4, 0.5) is 0 Å². The normalized spacial score (nSPS) is 32.2. The minimum absolute atomic E-state index is 0.0323. The third-order valence-corrected chi connectivity index (χ3v) is 4.93. The van der Waals surface area contributed by atoms with Crippen molar-refractivity contribution in [1.82, 2.24) is 10.2 Å². The summed E-state index contributed by atoms with van der Waals surface area (Å²) in [5, 5.41) is 3.02. The number of piperazine rings is 1. The van der Waals surface area contributed by atoms with Crippen LogP contribution in [0.2, 0.25) is 0 Å². The molecular weight excluding hydrogens is 252 g/mol. The molecule has 0 aromatic heterocycles. The SMILES string of the molecule is CCCCC(C)N1C(=O)C(C)(C2CC2)NC(=O)C1CC. The van der Waals surface area contributed by atoms with Gasteiger partial charge < -0.3 is 10.2 Å². The van der Waals surface area contributed by atoms with E-state index in [1.807, 2.05) is 18.7 Å². The van der Waals surface area contributed by atoms with E-state index in [9.17, 15) is 9.59 Å². The molecule has 4 nitrogen and oxygen atoms in total. The van der Waals surface area contributed by atoms with Gasteiger partial charge in [0.15, 0.2) is 0 Å². The zero-order valence-electron chi connectivity index (χ0n) is 13.2. The van der Waals surface area contributed by atoms with Crippen LogP contribution >= 0.6 is 0 Å². The number of hydrogen-bond donors (Lipinski definition) is 1. The van der Waals surface area contributed by atoms with Gasteiger partial charge in [0.25, 0.3) is 0 Å². The van der Waals surface area contributed by atoms with E-state index >= 15 is 0 Å². The number of rotatable bonds is 6. The van der Waals surface area contributed by atoms with Crippen molar-refractivity contribution in [2.75, 3.05) is 0 Å². The molecule has 2 rings (SSSR count). The predicted molar refractivity (Wildman–Crippen MR) is 79.2 cm³/mol. The Morgan fingerprint density at radius 1 is 1.35 bits per heavy atom. The average Bonchev–Trinajstić information content (AvgIpc) is 3.24. The van der Waals surface area contributed by atoms with E-state index in [1.54, 1.807) is 0 Å². The first kappa shape index (κ1) is 15.3. The van der Waals surface area contributed by atoms with Gasteiger partial charge in [-0.1, -0.05) is 26.7 Å². The van der Waals surface area contributed by atoms with Gasteiger partial charge in [-0.25, -0.2) is 0 Å². The Kier molecular flexibility index (Phi) is 4.40. The minimum atomic E-state index is -0.663. The Morgan fingerprint density at radius 3 is 2.50 bits per heavy atom. The average molecular weight is 280 g/mol. The lowest BCUT2D eigenvalue weighted by Crippen LogP contribution is -2.71. The van der Waals surface area contributed by atoms with E-state index in [-0.39, 0.29) is 23.9 Å². The summed E-state index contributed by atoms with van der Waals surface area (Å²) in [7, 11) is 0.